The van der Waals surface area contributed by atoms with Crippen LogP contribution in [0.5, 0.6) is 5.88 Å². The Morgan fingerprint density at radius 1 is 1.13 bits per heavy atom. The number of aliphatic hydroxyl groups excluding tert-OH is 1. The number of hydrogen-bond donors (Lipinski definition) is 1. The number of aromatic nitrogens is 4. The number of fused-ring (bicyclic) bond motifs is 2. The first-order valence-corrected chi connectivity index (χ1v) is 14.5. The van der Waals surface area contributed by atoms with Gasteiger partial charge in [0.2, 0.25) is 0 Å². The molecule has 2 aliphatic rings. The van der Waals surface area contributed by atoms with Crippen molar-refractivity contribution >= 4 is 22.6 Å². The fraction of sp³-hybridized carbons (Fsp3) is 0.516. The first-order chi connectivity index (χ1) is 18.9. The molecule has 2 fully saturated rings. The maximum atomic E-state index is 13.6. The highest BCUT2D eigenvalue weighted by Crippen LogP contribution is 2.37. The molecule has 5 heterocycles. The Kier molecular flexibility index (Phi) is 6.83. The van der Waals surface area contributed by atoms with Crippen LogP contribution >= 0.6 is 0 Å². The SMILES string of the molecule is CCCC1CN(C(=O)c2cc(OC)n3c(C)c(-c4cc5ccc(CC)nc5n4CC4CC4)nc3c2)CCC1O. The number of piperidine rings is 1. The molecule has 0 aromatic carbocycles. The Hall–Kier alpha value is -3.39. The standard InChI is InChI=1S/C31H39N5O3/c1-5-7-22-18-34(13-12-26(22)37)31(38)23-15-27-33-29(19(3)36(27)28(16-23)39-4)25-14-21-10-11-24(6-2)32-30(21)35(25)17-20-8-9-20/h10-11,14-16,20,22,26,37H,5-9,12-13,17-18H2,1-4H3. The zero-order chi connectivity index (χ0) is 27.3. The molecule has 1 aliphatic carbocycles. The van der Waals surface area contributed by atoms with Crippen molar-refractivity contribution in [3.05, 3.63) is 47.3 Å². The molecule has 0 radical (unpaired) electrons. The van der Waals surface area contributed by atoms with E-state index in [1.54, 1.807) is 7.11 Å². The van der Waals surface area contributed by atoms with Gasteiger partial charge < -0.3 is 19.3 Å². The molecule has 8 nitrogen and oxygen atoms in total. The number of rotatable bonds is 8. The van der Waals surface area contributed by atoms with Crippen molar-refractivity contribution in [3.63, 3.8) is 0 Å². The molecule has 8 heteroatoms. The minimum absolute atomic E-state index is 0.0369. The molecular formula is C31H39N5O3. The number of carbonyl (C=O) groups excluding carboxylic acids is 1. The van der Waals surface area contributed by atoms with Crippen LogP contribution in [0.2, 0.25) is 0 Å². The predicted molar refractivity (Wildman–Crippen MR) is 152 cm³/mol. The number of likely N-dealkylation sites (tertiary alicyclic amines) is 1. The summed E-state index contributed by atoms with van der Waals surface area (Å²) in [5.74, 6) is 1.35. The van der Waals surface area contributed by atoms with Crippen LogP contribution in [-0.4, -0.2) is 61.2 Å². The summed E-state index contributed by atoms with van der Waals surface area (Å²) in [7, 11) is 1.64. The van der Waals surface area contributed by atoms with Gasteiger partial charge in [-0.25, -0.2) is 9.97 Å². The molecule has 39 heavy (non-hydrogen) atoms. The van der Waals surface area contributed by atoms with Crippen molar-refractivity contribution in [2.24, 2.45) is 11.8 Å². The third kappa shape index (κ3) is 4.69. The smallest absolute Gasteiger partial charge is 0.254 e. The highest BCUT2D eigenvalue weighted by atomic mass is 16.5. The number of imidazole rings is 1. The van der Waals surface area contributed by atoms with Gasteiger partial charge in [-0.3, -0.25) is 9.20 Å². The lowest BCUT2D eigenvalue weighted by Crippen LogP contribution is -2.46. The van der Waals surface area contributed by atoms with Crippen LogP contribution in [0.4, 0.5) is 0 Å². The second-order valence-electron chi connectivity index (χ2n) is 11.3. The molecule has 2 atom stereocenters. The van der Waals surface area contributed by atoms with E-state index >= 15 is 0 Å². The number of pyridine rings is 2. The van der Waals surface area contributed by atoms with Gasteiger partial charge in [0.25, 0.3) is 5.91 Å². The molecule has 2 unspecified atom stereocenters. The average Bonchev–Trinajstić information content (AvgIpc) is 3.62. The quantitative estimate of drug-likeness (QED) is 0.336. The maximum Gasteiger partial charge on any atom is 0.254 e. The molecule has 1 N–H and O–H groups in total. The fourth-order valence-electron chi connectivity index (χ4n) is 6.14. The van der Waals surface area contributed by atoms with Gasteiger partial charge in [0, 0.05) is 48.3 Å². The molecule has 1 amide bonds. The lowest BCUT2D eigenvalue weighted by atomic mass is 9.90. The molecule has 4 aromatic rings. The molecule has 4 aromatic heterocycles. The zero-order valence-electron chi connectivity index (χ0n) is 23.5. The third-order valence-electron chi connectivity index (χ3n) is 8.56. The van der Waals surface area contributed by atoms with Gasteiger partial charge in [-0.2, -0.15) is 0 Å². The monoisotopic (exact) mass is 529 g/mol. The number of hydrogen-bond acceptors (Lipinski definition) is 5. The number of carbonyl (C=O) groups is 1. The van der Waals surface area contributed by atoms with Crippen molar-refractivity contribution in [2.75, 3.05) is 20.2 Å². The van der Waals surface area contributed by atoms with E-state index in [4.69, 9.17) is 14.7 Å². The Balaban J connectivity index is 1.42. The Bertz CT molecular complexity index is 1530. The van der Waals surface area contributed by atoms with Crippen molar-refractivity contribution in [2.45, 2.75) is 71.9 Å². The topological polar surface area (TPSA) is 84.9 Å². The average molecular weight is 530 g/mol. The Morgan fingerprint density at radius 2 is 1.95 bits per heavy atom. The maximum absolute atomic E-state index is 13.6. The van der Waals surface area contributed by atoms with Crippen LogP contribution in [0.3, 0.4) is 0 Å². The van der Waals surface area contributed by atoms with Gasteiger partial charge in [0.15, 0.2) is 5.88 Å². The largest absolute Gasteiger partial charge is 0.482 e. The molecule has 0 bridgehead atoms. The Labute approximate surface area is 229 Å². The minimum atomic E-state index is -0.339. The molecule has 0 spiro atoms. The minimum Gasteiger partial charge on any atom is -0.482 e. The van der Waals surface area contributed by atoms with E-state index in [9.17, 15) is 9.90 Å². The van der Waals surface area contributed by atoms with E-state index in [2.05, 4.69) is 43.5 Å². The highest BCUT2D eigenvalue weighted by Gasteiger charge is 2.31. The van der Waals surface area contributed by atoms with E-state index in [0.717, 1.165) is 59.6 Å². The van der Waals surface area contributed by atoms with Crippen molar-refractivity contribution in [3.8, 4) is 17.3 Å². The summed E-state index contributed by atoms with van der Waals surface area (Å²) in [6.45, 7) is 8.39. The van der Waals surface area contributed by atoms with E-state index in [1.807, 2.05) is 21.4 Å². The summed E-state index contributed by atoms with van der Waals surface area (Å²) < 4.78 is 10.1. The predicted octanol–water partition coefficient (Wildman–Crippen LogP) is 5.26. The molecule has 1 aliphatic heterocycles. The fourth-order valence-corrected chi connectivity index (χ4v) is 6.14. The molecule has 1 saturated heterocycles. The molecule has 1 saturated carbocycles. The lowest BCUT2D eigenvalue weighted by molar-refractivity contribution is 0.0210. The summed E-state index contributed by atoms with van der Waals surface area (Å²) in [5.41, 5.74) is 6.28. The summed E-state index contributed by atoms with van der Waals surface area (Å²) in [4.78, 5) is 25.6. The summed E-state index contributed by atoms with van der Waals surface area (Å²) in [5, 5.41) is 11.5. The number of aliphatic hydroxyl groups is 1. The van der Waals surface area contributed by atoms with Crippen molar-refractivity contribution in [1.82, 2.24) is 23.8 Å². The second kappa shape index (κ2) is 10.3. The number of methoxy groups -OCH3 is 1. The summed E-state index contributed by atoms with van der Waals surface area (Å²) >= 11 is 0. The molecule has 6 rings (SSSR count). The zero-order valence-corrected chi connectivity index (χ0v) is 23.5. The normalized spacial score (nSPS) is 19.8. The van der Waals surface area contributed by atoms with E-state index in [1.165, 1.54) is 12.8 Å². The van der Waals surface area contributed by atoms with Crippen molar-refractivity contribution in [1.29, 1.82) is 0 Å². The van der Waals surface area contributed by atoms with Gasteiger partial charge in [0.05, 0.1) is 24.6 Å². The second-order valence-corrected chi connectivity index (χ2v) is 11.3. The first kappa shape index (κ1) is 25.9. The first-order valence-electron chi connectivity index (χ1n) is 14.5. The van der Waals surface area contributed by atoms with Gasteiger partial charge in [-0.1, -0.05) is 20.3 Å². The summed E-state index contributed by atoms with van der Waals surface area (Å²) in [6, 6.07) is 10.2. The van der Waals surface area contributed by atoms with Crippen LogP contribution in [0.15, 0.2) is 30.3 Å². The van der Waals surface area contributed by atoms with Gasteiger partial charge in [-0.05, 0) is 69.2 Å². The molecular weight excluding hydrogens is 490 g/mol. The molecule has 206 valence electrons. The number of ether oxygens (including phenoxy) is 1. The third-order valence-corrected chi connectivity index (χ3v) is 8.56. The van der Waals surface area contributed by atoms with Crippen molar-refractivity contribution < 1.29 is 14.6 Å². The van der Waals surface area contributed by atoms with Crippen LogP contribution < -0.4 is 4.74 Å². The van der Waals surface area contributed by atoms with Crippen LogP contribution in [0, 0.1) is 18.8 Å². The number of amides is 1. The summed E-state index contributed by atoms with van der Waals surface area (Å²) in [6.07, 6.45) is 5.59. The number of aryl methyl sites for hydroxylation is 2. The van der Waals surface area contributed by atoms with Gasteiger partial charge in [0.1, 0.15) is 17.0 Å². The number of nitrogens with zero attached hydrogens (tertiary/aromatic N) is 5. The van der Waals surface area contributed by atoms with Crippen LogP contribution in [0.25, 0.3) is 28.1 Å². The van der Waals surface area contributed by atoms with Crippen LogP contribution in [0.1, 0.15) is 67.7 Å². The van der Waals surface area contributed by atoms with Gasteiger partial charge in [-0.15, -0.1) is 0 Å². The van der Waals surface area contributed by atoms with Crippen LogP contribution in [-0.2, 0) is 13.0 Å². The Morgan fingerprint density at radius 3 is 2.67 bits per heavy atom. The van der Waals surface area contributed by atoms with E-state index in [0.29, 0.717) is 42.5 Å². The lowest BCUT2D eigenvalue weighted by Gasteiger charge is -2.36. The van der Waals surface area contributed by atoms with E-state index in [-0.39, 0.29) is 17.9 Å². The van der Waals surface area contributed by atoms with Gasteiger partial charge >= 0.3 is 0 Å². The highest BCUT2D eigenvalue weighted by molar-refractivity contribution is 5.96. The van der Waals surface area contributed by atoms with E-state index < -0.39 is 0 Å².